The van der Waals surface area contributed by atoms with Crippen LogP contribution in [0.25, 0.3) is 0 Å². The predicted octanol–water partition coefficient (Wildman–Crippen LogP) is 2.80. The van der Waals surface area contributed by atoms with Crippen LogP contribution in [-0.4, -0.2) is 11.8 Å². The van der Waals surface area contributed by atoms with Crippen LogP contribution in [0.3, 0.4) is 0 Å². The van der Waals surface area contributed by atoms with E-state index in [0.717, 1.165) is 12.1 Å². The maximum Gasteiger partial charge on any atom is 0.270 e. The van der Waals surface area contributed by atoms with Gasteiger partial charge in [-0.3, -0.25) is 20.4 Å². The first-order valence-corrected chi connectivity index (χ1v) is 6.58. The fraction of sp³-hybridized carbons (Fsp3) is 0. The molecule has 2 amide bonds. The largest absolute Gasteiger partial charge is 0.270 e. The molecule has 0 atom stereocenters. The highest BCUT2D eigenvalue weighted by atomic mass is 79.9. The molecule has 2 rings (SSSR count). The van der Waals surface area contributed by atoms with Gasteiger partial charge in [-0.05, 0) is 40.2 Å². The van der Waals surface area contributed by atoms with Crippen LogP contribution in [0.1, 0.15) is 20.7 Å². The van der Waals surface area contributed by atoms with Crippen molar-refractivity contribution in [2.75, 3.05) is 0 Å². The zero-order chi connectivity index (χ0) is 15.4. The third kappa shape index (κ3) is 3.85. The Kier molecular flexibility index (Phi) is 4.64. The maximum atomic E-state index is 13.0. The van der Waals surface area contributed by atoms with Gasteiger partial charge in [0, 0.05) is 16.1 Å². The molecule has 0 radical (unpaired) electrons. The number of halogens is 3. The molecule has 7 heteroatoms. The molecule has 0 spiro atoms. The van der Waals surface area contributed by atoms with E-state index < -0.39 is 23.4 Å². The first-order valence-electron chi connectivity index (χ1n) is 5.78. The third-order valence-electron chi connectivity index (χ3n) is 2.53. The van der Waals surface area contributed by atoms with Gasteiger partial charge in [-0.1, -0.05) is 12.1 Å². The molecule has 0 aliphatic carbocycles. The summed E-state index contributed by atoms with van der Waals surface area (Å²) >= 11 is 3.20. The lowest BCUT2D eigenvalue weighted by atomic mass is 10.2. The van der Waals surface area contributed by atoms with Gasteiger partial charge in [0.1, 0.15) is 11.6 Å². The number of hydrazine groups is 1. The van der Waals surface area contributed by atoms with Crippen molar-refractivity contribution in [2.45, 2.75) is 0 Å². The minimum absolute atomic E-state index is 0.236. The summed E-state index contributed by atoms with van der Waals surface area (Å²) in [5.74, 6) is -3.14. The standard InChI is InChI=1S/C14H9BrF2N2O2/c15-12-4-2-1-3-11(12)14(21)19-18-13(20)8-5-9(16)7-10(17)6-8/h1-7H,(H,18,20)(H,19,21). The summed E-state index contributed by atoms with van der Waals surface area (Å²) in [4.78, 5) is 23.5. The van der Waals surface area contributed by atoms with Gasteiger partial charge >= 0.3 is 0 Å². The highest BCUT2D eigenvalue weighted by Gasteiger charge is 2.12. The predicted molar refractivity (Wildman–Crippen MR) is 75.4 cm³/mol. The minimum Gasteiger partial charge on any atom is -0.267 e. The molecule has 2 N–H and O–H groups in total. The average molecular weight is 355 g/mol. The zero-order valence-electron chi connectivity index (χ0n) is 10.5. The van der Waals surface area contributed by atoms with Crippen LogP contribution in [-0.2, 0) is 0 Å². The second-order valence-electron chi connectivity index (χ2n) is 4.05. The van der Waals surface area contributed by atoms with Crippen LogP contribution in [0.5, 0.6) is 0 Å². The normalized spacial score (nSPS) is 10.0. The third-order valence-corrected chi connectivity index (χ3v) is 3.22. The van der Waals surface area contributed by atoms with E-state index in [1.807, 2.05) is 0 Å². The van der Waals surface area contributed by atoms with Crippen molar-refractivity contribution in [2.24, 2.45) is 0 Å². The fourth-order valence-electron chi connectivity index (χ4n) is 1.58. The number of benzene rings is 2. The van der Waals surface area contributed by atoms with Crippen molar-refractivity contribution < 1.29 is 18.4 Å². The topological polar surface area (TPSA) is 58.2 Å². The van der Waals surface area contributed by atoms with Gasteiger partial charge in [-0.2, -0.15) is 0 Å². The van der Waals surface area contributed by atoms with Crippen molar-refractivity contribution in [3.63, 3.8) is 0 Å². The van der Waals surface area contributed by atoms with E-state index in [9.17, 15) is 18.4 Å². The van der Waals surface area contributed by atoms with Crippen LogP contribution >= 0.6 is 15.9 Å². The van der Waals surface area contributed by atoms with E-state index in [1.54, 1.807) is 24.3 Å². The van der Waals surface area contributed by atoms with Gasteiger partial charge in [-0.25, -0.2) is 8.78 Å². The quantitative estimate of drug-likeness (QED) is 0.814. The summed E-state index contributed by atoms with van der Waals surface area (Å²) in [5, 5.41) is 0. The molecule has 0 unspecified atom stereocenters. The summed E-state index contributed by atoms with van der Waals surface area (Å²) in [6, 6.07) is 8.98. The summed E-state index contributed by atoms with van der Waals surface area (Å²) < 4.78 is 26.5. The first-order chi connectivity index (χ1) is 9.97. The minimum atomic E-state index is -0.878. The molecule has 4 nitrogen and oxygen atoms in total. The molecular formula is C14H9BrF2N2O2. The molecule has 0 heterocycles. The Labute approximate surface area is 127 Å². The molecule has 0 bridgehead atoms. The molecular weight excluding hydrogens is 346 g/mol. The second-order valence-corrected chi connectivity index (χ2v) is 4.90. The number of carbonyl (C=O) groups is 2. The Morgan fingerprint density at radius 3 is 2.10 bits per heavy atom. The molecule has 108 valence electrons. The van der Waals surface area contributed by atoms with Crippen LogP contribution in [0.15, 0.2) is 46.9 Å². The molecule has 2 aromatic carbocycles. The number of rotatable bonds is 2. The first kappa shape index (κ1) is 15.1. The van der Waals surface area contributed by atoms with Crippen LogP contribution in [0.2, 0.25) is 0 Å². The number of carbonyl (C=O) groups excluding carboxylic acids is 2. The number of hydrogen-bond donors (Lipinski definition) is 2. The molecule has 0 saturated carbocycles. The van der Waals surface area contributed by atoms with Crippen molar-refractivity contribution in [1.82, 2.24) is 10.9 Å². The lowest BCUT2D eigenvalue weighted by Gasteiger charge is -2.08. The van der Waals surface area contributed by atoms with E-state index in [-0.39, 0.29) is 5.56 Å². The van der Waals surface area contributed by atoms with E-state index >= 15 is 0 Å². The van der Waals surface area contributed by atoms with Crippen molar-refractivity contribution in [1.29, 1.82) is 0 Å². The average Bonchev–Trinajstić information content (AvgIpc) is 2.43. The Morgan fingerprint density at radius 1 is 0.905 bits per heavy atom. The Balaban J connectivity index is 2.04. The molecule has 0 aliphatic heterocycles. The highest BCUT2D eigenvalue weighted by Crippen LogP contribution is 2.15. The molecule has 0 aromatic heterocycles. The number of amides is 2. The Bertz CT molecular complexity index is 687. The summed E-state index contributed by atoms with van der Waals surface area (Å²) in [6.45, 7) is 0. The Morgan fingerprint density at radius 2 is 1.48 bits per heavy atom. The smallest absolute Gasteiger partial charge is 0.267 e. The van der Waals surface area contributed by atoms with E-state index in [1.165, 1.54) is 0 Å². The molecule has 2 aromatic rings. The van der Waals surface area contributed by atoms with Gasteiger partial charge in [0.15, 0.2) is 0 Å². The van der Waals surface area contributed by atoms with Gasteiger partial charge in [-0.15, -0.1) is 0 Å². The zero-order valence-corrected chi connectivity index (χ0v) is 12.1. The number of nitrogens with one attached hydrogen (secondary N) is 2. The SMILES string of the molecule is O=C(NNC(=O)c1ccccc1Br)c1cc(F)cc(F)c1. The molecule has 0 saturated heterocycles. The Hall–Kier alpha value is -2.28. The van der Waals surface area contributed by atoms with E-state index in [4.69, 9.17) is 0 Å². The van der Waals surface area contributed by atoms with Gasteiger partial charge in [0.2, 0.25) is 0 Å². The van der Waals surface area contributed by atoms with Crippen molar-refractivity contribution >= 4 is 27.7 Å². The van der Waals surface area contributed by atoms with Gasteiger partial charge in [0.05, 0.1) is 5.56 Å². The lowest BCUT2D eigenvalue weighted by Crippen LogP contribution is -2.41. The summed E-state index contributed by atoms with van der Waals surface area (Å²) in [5.41, 5.74) is 4.32. The monoisotopic (exact) mass is 354 g/mol. The summed E-state index contributed by atoms with van der Waals surface area (Å²) in [7, 11) is 0. The molecule has 0 aliphatic rings. The second kappa shape index (κ2) is 6.45. The van der Waals surface area contributed by atoms with Gasteiger partial charge < -0.3 is 0 Å². The fourth-order valence-corrected chi connectivity index (χ4v) is 2.05. The van der Waals surface area contributed by atoms with E-state index in [2.05, 4.69) is 26.8 Å². The lowest BCUT2D eigenvalue weighted by molar-refractivity contribution is 0.0846. The molecule has 0 fully saturated rings. The van der Waals surface area contributed by atoms with Crippen LogP contribution in [0.4, 0.5) is 8.78 Å². The highest BCUT2D eigenvalue weighted by molar-refractivity contribution is 9.10. The van der Waals surface area contributed by atoms with Crippen molar-refractivity contribution in [3.8, 4) is 0 Å². The number of hydrogen-bond acceptors (Lipinski definition) is 2. The van der Waals surface area contributed by atoms with E-state index in [0.29, 0.717) is 16.1 Å². The van der Waals surface area contributed by atoms with Gasteiger partial charge in [0.25, 0.3) is 11.8 Å². The van der Waals surface area contributed by atoms with Crippen molar-refractivity contribution in [3.05, 3.63) is 69.7 Å². The van der Waals surface area contributed by atoms with Crippen LogP contribution < -0.4 is 10.9 Å². The maximum absolute atomic E-state index is 13.0. The molecule has 21 heavy (non-hydrogen) atoms. The summed E-state index contributed by atoms with van der Waals surface area (Å²) in [6.07, 6.45) is 0. The van der Waals surface area contributed by atoms with Crippen LogP contribution in [0, 0.1) is 11.6 Å².